The van der Waals surface area contributed by atoms with Crippen LogP contribution in [0.25, 0.3) is 5.69 Å². The van der Waals surface area contributed by atoms with E-state index >= 15 is 0 Å². The van der Waals surface area contributed by atoms with Crippen molar-refractivity contribution >= 4 is 45.9 Å². The molecule has 0 aliphatic carbocycles. The van der Waals surface area contributed by atoms with E-state index in [0.29, 0.717) is 20.4 Å². The zero-order chi connectivity index (χ0) is 19.7. The molecule has 3 heterocycles. The van der Waals surface area contributed by atoms with Crippen molar-refractivity contribution in [3.05, 3.63) is 51.4 Å². The summed E-state index contributed by atoms with van der Waals surface area (Å²) in [5.74, 6) is -0.0856. The molecule has 1 amide bonds. The highest BCUT2D eigenvalue weighted by Crippen LogP contribution is 2.34. The topological polar surface area (TPSA) is 89.8 Å². The van der Waals surface area contributed by atoms with Crippen molar-refractivity contribution in [1.82, 2.24) is 19.7 Å². The molecule has 28 heavy (non-hydrogen) atoms. The van der Waals surface area contributed by atoms with Gasteiger partial charge < -0.3 is 0 Å². The molecule has 0 saturated carbocycles. The van der Waals surface area contributed by atoms with Crippen LogP contribution in [0.4, 0.5) is 5.13 Å². The molecular weight excluding hydrogens is 414 g/mol. The Morgan fingerprint density at radius 1 is 1.32 bits per heavy atom. The van der Waals surface area contributed by atoms with Gasteiger partial charge in [0, 0.05) is 11.7 Å². The Bertz CT molecular complexity index is 1080. The number of hydrogen-bond acceptors (Lipinski definition) is 8. The van der Waals surface area contributed by atoms with Crippen LogP contribution >= 0.6 is 34.9 Å². The third-order valence-electron chi connectivity index (χ3n) is 4.00. The van der Waals surface area contributed by atoms with E-state index < -0.39 is 0 Å². The fourth-order valence-corrected chi connectivity index (χ4v) is 5.37. The van der Waals surface area contributed by atoms with Gasteiger partial charge in [-0.25, -0.2) is 4.98 Å². The van der Waals surface area contributed by atoms with Crippen molar-refractivity contribution in [3.8, 4) is 5.69 Å². The number of amides is 1. The van der Waals surface area contributed by atoms with Gasteiger partial charge in [0.05, 0.1) is 22.0 Å². The van der Waals surface area contributed by atoms with Crippen LogP contribution in [0.3, 0.4) is 0 Å². The van der Waals surface area contributed by atoms with Gasteiger partial charge in [-0.3, -0.25) is 19.5 Å². The maximum absolute atomic E-state index is 13.1. The number of rotatable bonds is 5. The number of carbonyl (C=O) groups is 1. The quantitative estimate of drug-likeness (QED) is 0.490. The maximum atomic E-state index is 13.1. The van der Waals surface area contributed by atoms with Crippen LogP contribution in [-0.4, -0.2) is 36.7 Å². The summed E-state index contributed by atoms with van der Waals surface area (Å²) in [4.78, 5) is 30.9. The molecule has 1 aliphatic rings. The monoisotopic (exact) mass is 431 g/mol. The van der Waals surface area contributed by atoms with Gasteiger partial charge in [0.25, 0.3) is 5.56 Å². The van der Waals surface area contributed by atoms with E-state index in [-0.39, 0.29) is 17.2 Å². The number of thioether (sulfide) groups is 2. The first kappa shape index (κ1) is 19.2. The lowest BCUT2D eigenvalue weighted by Crippen LogP contribution is -2.24. The molecule has 2 aromatic heterocycles. The first-order valence-electron chi connectivity index (χ1n) is 8.62. The van der Waals surface area contributed by atoms with Gasteiger partial charge in [-0.15, -0.1) is 22.0 Å². The van der Waals surface area contributed by atoms with Gasteiger partial charge in [-0.2, -0.15) is 0 Å². The number of para-hydroxylation sites is 1. The van der Waals surface area contributed by atoms with E-state index in [1.807, 2.05) is 37.3 Å². The number of anilines is 1. The van der Waals surface area contributed by atoms with E-state index in [2.05, 4.69) is 22.4 Å². The number of carbonyl (C=O) groups excluding carboxylic acids is 1. The first-order valence-corrected chi connectivity index (χ1v) is 11.3. The third-order valence-corrected chi connectivity index (χ3v) is 6.91. The van der Waals surface area contributed by atoms with E-state index in [9.17, 15) is 9.59 Å². The van der Waals surface area contributed by atoms with Gasteiger partial charge in [-0.1, -0.05) is 48.2 Å². The number of aryl methyl sites for hydroxylation is 1. The summed E-state index contributed by atoms with van der Waals surface area (Å²) < 4.78 is 1.59. The molecule has 0 radical (unpaired) electrons. The lowest BCUT2D eigenvalue weighted by Gasteiger charge is -2.13. The van der Waals surface area contributed by atoms with E-state index in [1.54, 1.807) is 16.3 Å². The Hall–Kier alpha value is -2.17. The predicted molar refractivity (Wildman–Crippen MR) is 113 cm³/mol. The summed E-state index contributed by atoms with van der Waals surface area (Å²) in [6.07, 6.45) is 0.759. The zero-order valence-corrected chi connectivity index (χ0v) is 17.7. The van der Waals surface area contributed by atoms with Crippen molar-refractivity contribution < 1.29 is 4.79 Å². The average Bonchev–Trinajstić information content (AvgIpc) is 3.25. The molecule has 0 bridgehead atoms. The van der Waals surface area contributed by atoms with Crippen LogP contribution < -0.4 is 10.9 Å². The molecule has 0 unspecified atom stereocenters. The van der Waals surface area contributed by atoms with Crippen LogP contribution in [-0.2, 0) is 11.2 Å². The number of hydrogen-bond donors (Lipinski definition) is 1. The van der Waals surface area contributed by atoms with Crippen LogP contribution in [0.2, 0.25) is 0 Å². The van der Waals surface area contributed by atoms with Crippen LogP contribution in [0.15, 0.2) is 45.2 Å². The SMILES string of the molecule is Cc1nnc(NC(=O)CSc2nc3c(c(=O)n2-c2ccccc2)S[C@@H](C)C3)s1. The van der Waals surface area contributed by atoms with E-state index in [1.165, 1.54) is 23.1 Å². The van der Waals surface area contributed by atoms with Crippen molar-refractivity contribution in [3.63, 3.8) is 0 Å². The summed E-state index contributed by atoms with van der Waals surface area (Å²) in [5.41, 5.74) is 1.48. The smallest absolute Gasteiger partial charge is 0.272 e. The molecule has 3 aromatic rings. The predicted octanol–water partition coefficient (Wildman–Crippen LogP) is 3.16. The molecule has 0 saturated heterocycles. The second-order valence-corrected chi connectivity index (χ2v) is 9.81. The number of fused-ring (bicyclic) bond motifs is 1. The van der Waals surface area contributed by atoms with Crippen molar-refractivity contribution in [2.75, 3.05) is 11.1 Å². The summed E-state index contributed by atoms with van der Waals surface area (Å²) >= 11 is 4.13. The van der Waals surface area contributed by atoms with Crippen molar-refractivity contribution in [2.24, 2.45) is 0 Å². The van der Waals surface area contributed by atoms with Crippen LogP contribution in [0, 0.1) is 6.92 Å². The Balaban J connectivity index is 1.62. The number of aromatic nitrogens is 4. The largest absolute Gasteiger partial charge is 0.300 e. The minimum atomic E-state index is -0.210. The minimum absolute atomic E-state index is 0.0757. The number of nitrogens with one attached hydrogen (secondary N) is 1. The molecule has 4 rings (SSSR count). The normalized spacial score (nSPS) is 15.4. The maximum Gasteiger partial charge on any atom is 0.272 e. The summed E-state index contributed by atoms with van der Waals surface area (Å²) in [5, 5.41) is 12.6. The Kier molecular flexibility index (Phi) is 5.51. The molecule has 0 fully saturated rings. The van der Waals surface area contributed by atoms with Crippen LogP contribution in [0.5, 0.6) is 0 Å². The average molecular weight is 432 g/mol. The molecule has 1 aliphatic heterocycles. The number of benzene rings is 1. The number of nitrogens with zero attached hydrogens (tertiary/aromatic N) is 4. The summed E-state index contributed by atoms with van der Waals surface area (Å²) in [6, 6.07) is 9.39. The second-order valence-electron chi connectivity index (χ2n) is 6.24. The molecule has 0 spiro atoms. The van der Waals surface area contributed by atoms with Gasteiger partial charge >= 0.3 is 0 Å². The summed E-state index contributed by atoms with van der Waals surface area (Å²) in [7, 11) is 0. The Labute approximate surface area is 174 Å². The fourth-order valence-electron chi connectivity index (χ4n) is 2.83. The van der Waals surface area contributed by atoms with Gasteiger partial charge in [-0.05, 0) is 19.1 Å². The van der Waals surface area contributed by atoms with E-state index in [4.69, 9.17) is 4.98 Å². The third kappa shape index (κ3) is 3.98. The molecule has 1 N–H and O–H groups in total. The molecule has 10 heteroatoms. The Morgan fingerprint density at radius 3 is 2.82 bits per heavy atom. The molecular formula is C18H17N5O2S3. The highest BCUT2D eigenvalue weighted by Gasteiger charge is 2.27. The molecule has 144 valence electrons. The van der Waals surface area contributed by atoms with Crippen molar-refractivity contribution in [2.45, 2.75) is 35.6 Å². The van der Waals surface area contributed by atoms with Crippen LogP contribution in [0.1, 0.15) is 17.6 Å². The highest BCUT2D eigenvalue weighted by molar-refractivity contribution is 8.00. The highest BCUT2D eigenvalue weighted by atomic mass is 32.2. The molecule has 7 nitrogen and oxygen atoms in total. The zero-order valence-electron chi connectivity index (χ0n) is 15.2. The standard InChI is InChI=1S/C18H17N5O2S3/c1-10-8-13-15(27-10)16(25)23(12-6-4-3-5-7-12)18(19-13)26-9-14(24)20-17-22-21-11(2)28-17/h3-7,10H,8-9H2,1-2H3,(H,20,22,24)/t10-/m0/s1. The Morgan fingerprint density at radius 2 is 2.11 bits per heavy atom. The lowest BCUT2D eigenvalue weighted by molar-refractivity contribution is -0.113. The van der Waals surface area contributed by atoms with Gasteiger partial charge in [0.2, 0.25) is 11.0 Å². The minimum Gasteiger partial charge on any atom is -0.300 e. The van der Waals surface area contributed by atoms with Crippen molar-refractivity contribution in [1.29, 1.82) is 0 Å². The van der Waals surface area contributed by atoms with Gasteiger partial charge in [0.1, 0.15) is 5.01 Å². The fraction of sp³-hybridized carbons (Fsp3) is 0.278. The first-order chi connectivity index (χ1) is 13.5. The van der Waals surface area contributed by atoms with E-state index in [0.717, 1.165) is 22.8 Å². The second kappa shape index (κ2) is 8.06. The molecule has 1 aromatic carbocycles. The van der Waals surface area contributed by atoms with Gasteiger partial charge in [0.15, 0.2) is 5.16 Å². The summed E-state index contributed by atoms with van der Waals surface area (Å²) in [6.45, 7) is 3.91. The lowest BCUT2D eigenvalue weighted by atomic mass is 10.2. The molecule has 1 atom stereocenters.